The molecule has 0 spiro atoms. The molecule has 0 atom stereocenters. The van der Waals surface area contributed by atoms with Gasteiger partial charge in [-0.3, -0.25) is 4.79 Å². The third-order valence-corrected chi connectivity index (χ3v) is 3.07. The largest absolute Gasteiger partial charge is 0.325 e. The van der Waals surface area contributed by atoms with Crippen molar-refractivity contribution in [2.45, 2.75) is 13.5 Å². The van der Waals surface area contributed by atoms with Crippen molar-refractivity contribution in [3.05, 3.63) is 31.3 Å². The zero-order valence-corrected chi connectivity index (χ0v) is 8.56. The summed E-state index contributed by atoms with van der Waals surface area (Å²) in [6, 6.07) is 0. The molecular weight excluding hydrogens is 206 g/mol. The van der Waals surface area contributed by atoms with E-state index in [9.17, 15) is 4.79 Å². The van der Waals surface area contributed by atoms with E-state index >= 15 is 0 Å². The van der Waals surface area contributed by atoms with Gasteiger partial charge in [0.2, 0.25) is 0 Å². The summed E-state index contributed by atoms with van der Waals surface area (Å²) >= 11 is 2.65. The Bertz CT molecular complexity index is 456. The maximum atomic E-state index is 11.1. The zero-order valence-electron chi connectivity index (χ0n) is 6.93. The summed E-state index contributed by atoms with van der Waals surface area (Å²) in [6.07, 6.45) is 0. The highest BCUT2D eigenvalue weighted by Gasteiger charge is 2.02. The van der Waals surface area contributed by atoms with Crippen LogP contribution in [0, 0.1) is 6.92 Å². The molecule has 2 heterocycles. The van der Waals surface area contributed by atoms with Crippen LogP contribution in [0.3, 0.4) is 0 Å². The minimum absolute atomic E-state index is 0.0344. The monoisotopic (exact) mass is 213 g/mol. The molecule has 2 aromatic heterocycles. The molecule has 0 saturated heterocycles. The molecule has 0 radical (unpaired) electrons. The zero-order chi connectivity index (χ0) is 9.26. The standard InChI is InChI=1S/C7H7N3OS2/c1-5-3-12-6(9-5)2-10-7(11)13-4-8-10/h3-4H,2H2,1H3. The lowest BCUT2D eigenvalue weighted by molar-refractivity contribution is 0.662. The molecule has 0 N–H and O–H groups in total. The van der Waals surface area contributed by atoms with Gasteiger partial charge in [0.15, 0.2) is 0 Å². The third kappa shape index (κ3) is 1.84. The number of hydrogen-bond acceptors (Lipinski definition) is 5. The lowest BCUT2D eigenvalue weighted by atomic mass is 10.6. The summed E-state index contributed by atoms with van der Waals surface area (Å²) in [4.78, 5) is 15.3. The second-order valence-electron chi connectivity index (χ2n) is 2.54. The third-order valence-electron chi connectivity index (χ3n) is 1.50. The van der Waals surface area contributed by atoms with Gasteiger partial charge < -0.3 is 0 Å². The van der Waals surface area contributed by atoms with Gasteiger partial charge in [-0.25, -0.2) is 9.67 Å². The molecule has 4 nitrogen and oxygen atoms in total. The number of aromatic nitrogens is 3. The lowest BCUT2D eigenvalue weighted by Crippen LogP contribution is -2.15. The molecule has 0 unspecified atom stereocenters. The van der Waals surface area contributed by atoms with Gasteiger partial charge in [-0.05, 0) is 6.92 Å². The summed E-state index contributed by atoms with van der Waals surface area (Å²) in [5.74, 6) is 0. The molecule has 0 aliphatic heterocycles. The second-order valence-corrected chi connectivity index (χ2v) is 4.28. The molecule has 6 heteroatoms. The number of thiazole rings is 1. The highest BCUT2D eigenvalue weighted by atomic mass is 32.1. The first-order chi connectivity index (χ1) is 6.25. The van der Waals surface area contributed by atoms with E-state index in [0.29, 0.717) is 6.54 Å². The molecule has 0 aliphatic carbocycles. The number of aryl methyl sites for hydroxylation is 1. The SMILES string of the molecule is Cc1csc(Cn2ncsc2=O)n1. The fourth-order valence-corrected chi connectivity index (χ4v) is 2.18. The van der Waals surface area contributed by atoms with Crippen LogP contribution in [0.4, 0.5) is 0 Å². The Morgan fingerprint density at radius 2 is 2.38 bits per heavy atom. The van der Waals surface area contributed by atoms with Crippen LogP contribution in [0.1, 0.15) is 10.7 Å². The summed E-state index contributed by atoms with van der Waals surface area (Å²) in [5, 5.41) is 6.80. The Labute approximate surface area is 82.5 Å². The topological polar surface area (TPSA) is 47.8 Å². The highest BCUT2D eigenvalue weighted by molar-refractivity contribution is 7.09. The van der Waals surface area contributed by atoms with Crippen LogP contribution in [0.25, 0.3) is 0 Å². The van der Waals surface area contributed by atoms with Crippen molar-refractivity contribution < 1.29 is 0 Å². The van der Waals surface area contributed by atoms with Gasteiger partial charge in [-0.2, -0.15) is 5.10 Å². The molecule has 0 fully saturated rings. The van der Waals surface area contributed by atoms with Gasteiger partial charge in [0.25, 0.3) is 0 Å². The molecule has 0 saturated carbocycles. The van der Waals surface area contributed by atoms with Crippen molar-refractivity contribution in [2.75, 3.05) is 0 Å². The molecule has 0 bridgehead atoms. The number of nitrogens with zero attached hydrogens (tertiary/aromatic N) is 3. The van der Waals surface area contributed by atoms with Crippen LogP contribution in [0.15, 0.2) is 15.7 Å². The normalized spacial score (nSPS) is 10.5. The Hall–Kier alpha value is -1.01. The summed E-state index contributed by atoms with van der Waals surface area (Å²) in [7, 11) is 0. The van der Waals surface area contributed by atoms with E-state index < -0.39 is 0 Å². The van der Waals surface area contributed by atoms with Crippen LogP contribution < -0.4 is 4.87 Å². The predicted octanol–water partition coefficient (Wildman–Crippen LogP) is 1.12. The van der Waals surface area contributed by atoms with Crippen LogP contribution in [0.5, 0.6) is 0 Å². The average molecular weight is 213 g/mol. The van der Waals surface area contributed by atoms with Crippen molar-refractivity contribution >= 4 is 22.7 Å². The van der Waals surface area contributed by atoms with Gasteiger partial charge in [-0.1, -0.05) is 11.3 Å². The Balaban J connectivity index is 2.24. The van der Waals surface area contributed by atoms with E-state index in [2.05, 4.69) is 10.1 Å². The quantitative estimate of drug-likeness (QED) is 0.751. The van der Waals surface area contributed by atoms with Gasteiger partial charge in [0, 0.05) is 11.1 Å². The molecule has 13 heavy (non-hydrogen) atoms. The van der Waals surface area contributed by atoms with Crippen molar-refractivity contribution in [1.29, 1.82) is 0 Å². The van der Waals surface area contributed by atoms with Crippen LogP contribution >= 0.6 is 22.7 Å². The summed E-state index contributed by atoms with van der Waals surface area (Å²) < 4.78 is 1.42. The second kappa shape index (κ2) is 3.39. The maximum Gasteiger partial charge on any atom is 0.325 e. The summed E-state index contributed by atoms with van der Waals surface area (Å²) in [5.41, 5.74) is 2.53. The van der Waals surface area contributed by atoms with Crippen molar-refractivity contribution in [1.82, 2.24) is 14.8 Å². The fraction of sp³-hybridized carbons (Fsp3) is 0.286. The number of hydrogen-bond donors (Lipinski definition) is 0. The minimum atomic E-state index is -0.0344. The van der Waals surface area contributed by atoms with Gasteiger partial charge in [0.1, 0.15) is 10.5 Å². The van der Waals surface area contributed by atoms with Gasteiger partial charge >= 0.3 is 4.87 Å². The van der Waals surface area contributed by atoms with Gasteiger partial charge in [0.05, 0.1) is 6.54 Å². The van der Waals surface area contributed by atoms with Crippen LogP contribution in [-0.4, -0.2) is 14.8 Å². The minimum Gasteiger partial charge on any atom is -0.255 e. The smallest absolute Gasteiger partial charge is 0.255 e. The molecule has 68 valence electrons. The van der Waals surface area contributed by atoms with Crippen molar-refractivity contribution in [3.63, 3.8) is 0 Å². The first kappa shape index (κ1) is 8.58. The summed E-state index contributed by atoms with van der Waals surface area (Å²) in [6.45, 7) is 2.42. The van der Waals surface area contributed by atoms with Crippen molar-refractivity contribution in [3.8, 4) is 0 Å². The highest BCUT2D eigenvalue weighted by Crippen LogP contribution is 2.08. The van der Waals surface area contributed by atoms with E-state index in [1.807, 2.05) is 12.3 Å². The van der Waals surface area contributed by atoms with Crippen LogP contribution in [0.2, 0.25) is 0 Å². The average Bonchev–Trinajstić information content (AvgIpc) is 2.64. The predicted molar refractivity (Wildman–Crippen MR) is 52.3 cm³/mol. The van der Waals surface area contributed by atoms with E-state index in [1.54, 1.807) is 16.8 Å². The van der Waals surface area contributed by atoms with Crippen molar-refractivity contribution in [2.24, 2.45) is 0 Å². The Kier molecular flexibility index (Phi) is 2.24. The van der Waals surface area contributed by atoms with E-state index in [-0.39, 0.29) is 4.87 Å². The van der Waals surface area contributed by atoms with Crippen LogP contribution in [-0.2, 0) is 6.54 Å². The Morgan fingerprint density at radius 3 is 2.92 bits per heavy atom. The Morgan fingerprint density at radius 1 is 1.54 bits per heavy atom. The van der Waals surface area contributed by atoms with E-state index in [1.165, 1.54) is 4.68 Å². The molecule has 0 aromatic carbocycles. The first-order valence-electron chi connectivity index (χ1n) is 3.67. The maximum absolute atomic E-state index is 11.1. The fourth-order valence-electron chi connectivity index (χ4n) is 0.942. The lowest BCUT2D eigenvalue weighted by Gasteiger charge is -1.92. The van der Waals surface area contributed by atoms with E-state index in [4.69, 9.17) is 0 Å². The molecule has 0 amide bonds. The first-order valence-corrected chi connectivity index (χ1v) is 5.43. The molecule has 2 aromatic rings. The number of rotatable bonds is 2. The molecular formula is C7H7N3OS2. The van der Waals surface area contributed by atoms with E-state index in [0.717, 1.165) is 22.0 Å². The molecule has 2 rings (SSSR count). The molecule has 0 aliphatic rings. The van der Waals surface area contributed by atoms with Gasteiger partial charge in [-0.15, -0.1) is 11.3 Å².